The Labute approximate surface area is 141 Å². The maximum absolute atomic E-state index is 13.8. The summed E-state index contributed by atoms with van der Waals surface area (Å²) in [6, 6.07) is 1.82. The Bertz CT molecular complexity index is 561. The minimum Gasteiger partial charge on any atom is -0.368 e. The molecule has 6 nitrogen and oxygen atoms in total. The highest BCUT2D eigenvalue weighted by atomic mass is 19.1. The Balaban J connectivity index is 1.45. The number of halogens is 1. The largest absolute Gasteiger partial charge is 0.368 e. The number of aromatic nitrogens is 1. The quantitative estimate of drug-likeness (QED) is 0.783. The van der Waals surface area contributed by atoms with Crippen molar-refractivity contribution in [1.82, 2.24) is 15.4 Å². The molecule has 2 aliphatic rings. The van der Waals surface area contributed by atoms with Crippen molar-refractivity contribution in [2.45, 2.75) is 58.0 Å². The molecule has 134 valence electrons. The second kappa shape index (κ2) is 7.61. The predicted octanol–water partition coefficient (Wildman–Crippen LogP) is 1.83. The van der Waals surface area contributed by atoms with Gasteiger partial charge < -0.3 is 14.6 Å². The maximum atomic E-state index is 13.8. The number of carbonyl (C=O) groups is 1. The zero-order valence-corrected chi connectivity index (χ0v) is 14.3. The molecule has 1 aliphatic carbocycles. The molecule has 0 spiro atoms. The molecule has 1 aromatic rings. The molecule has 2 fully saturated rings. The highest BCUT2D eigenvalue weighted by Crippen LogP contribution is 2.29. The highest BCUT2D eigenvalue weighted by molar-refractivity contribution is 5.80. The van der Waals surface area contributed by atoms with Gasteiger partial charge in [-0.15, -0.1) is 0 Å². The molecule has 1 saturated carbocycles. The number of ether oxygens (including phenoxy) is 1. The summed E-state index contributed by atoms with van der Waals surface area (Å²) in [7, 11) is 0. The van der Waals surface area contributed by atoms with Crippen molar-refractivity contribution in [2.24, 2.45) is 5.92 Å². The van der Waals surface area contributed by atoms with Crippen molar-refractivity contribution >= 4 is 5.91 Å². The lowest BCUT2D eigenvalue weighted by molar-refractivity contribution is -0.132. The van der Waals surface area contributed by atoms with Crippen molar-refractivity contribution < 1.29 is 18.4 Å². The monoisotopic (exact) mass is 339 g/mol. The zero-order chi connectivity index (χ0) is 17.1. The van der Waals surface area contributed by atoms with Crippen molar-refractivity contribution in [3.8, 4) is 0 Å². The first-order valence-electron chi connectivity index (χ1n) is 8.71. The molecule has 0 aromatic carbocycles. The van der Waals surface area contributed by atoms with E-state index in [0.717, 1.165) is 11.5 Å². The summed E-state index contributed by atoms with van der Waals surface area (Å²) in [5.41, 5.74) is 0.812. The lowest BCUT2D eigenvalue weighted by atomic mass is 10.2. The predicted molar refractivity (Wildman–Crippen MR) is 86.1 cm³/mol. The summed E-state index contributed by atoms with van der Waals surface area (Å²) >= 11 is 0. The molecule has 7 heteroatoms. The van der Waals surface area contributed by atoms with Crippen LogP contribution in [0.4, 0.5) is 4.39 Å². The topological polar surface area (TPSA) is 67.6 Å². The Morgan fingerprint density at radius 1 is 1.58 bits per heavy atom. The number of amides is 1. The number of nitrogens with one attached hydrogen (secondary N) is 1. The third-order valence-electron chi connectivity index (χ3n) is 4.67. The van der Waals surface area contributed by atoms with Crippen molar-refractivity contribution in [1.29, 1.82) is 0 Å². The number of hydrogen-bond donors (Lipinski definition) is 1. The highest BCUT2D eigenvalue weighted by Gasteiger charge is 2.33. The van der Waals surface area contributed by atoms with Crippen LogP contribution in [0.2, 0.25) is 0 Å². The SMILES string of the molecule is Cc1cc(CN2C[C@@H](F)C[C@H]2CNC(=O)C(C)OCC2CC2)on1. The molecule has 1 aliphatic heterocycles. The standard InChI is InChI=1S/C17H26FN3O3/c1-11-5-16(24-20-11)9-21-8-14(18)6-15(21)7-19-17(22)12(2)23-10-13-3-4-13/h5,12-15H,3-4,6-10H2,1-2H3,(H,19,22)/t12?,14-,15-/m0/s1. The van der Waals surface area contributed by atoms with E-state index in [1.165, 1.54) is 12.8 Å². The summed E-state index contributed by atoms with van der Waals surface area (Å²) in [5, 5.41) is 6.75. The van der Waals surface area contributed by atoms with Crippen LogP contribution in [0.15, 0.2) is 10.6 Å². The molecule has 0 bridgehead atoms. The number of rotatable bonds is 8. The average Bonchev–Trinajstić information content (AvgIpc) is 3.19. The van der Waals surface area contributed by atoms with Gasteiger partial charge in [-0.2, -0.15) is 0 Å². The molecule has 1 saturated heterocycles. The minimum absolute atomic E-state index is 0.0370. The number of likely N-dealkylation sites (tertiary alicyclic amines) is 1. The van der Waals surface area contributed by atoms with E-state index in [-0.39, 0.29) is 11.9 Å². The molecule has 0 radical (unpaired) electrons. The van der Waals surface area contributed by atoms with E-state index in [2.05, 4.69) is 10.5 Å². The minimum atomic E-state index is -0.875. The number of aryl methyl sites for hydroxylation is 1. The number of hydrogen-bond acceptors (Lipinski definition) is 5. The average molecular weight is 339 g/mol. The van der Waals surface area contributed by atoms with Gasteiger partial charge in [0.1, 0.15) is 12.3 Å². The molecule has 2 heterocycles. The van der Waals surface area contributed by atoms with Gasteiger partial charge in [0.15, 0.2) is 5.76 Å². The van der Waals surface area contributed by atoms with Crippen LogP contribution in [0.25, 0.3) is 0 Å². The van der Waals surface area contributed by atoms with Crippen LogP contribution in [0.5, 0.6) is 0 Å². The van der Waals surface area contributed by atoms with Crippen LogP contribution in [0, 0.1) is 12.8 Å². The molecule has 1 N–H and O–H groups in total. The second-order valence-electron chi connectivity index (χ2n) is 7.01. The van der Waals surface area contributed by atoms with E-state index in [1.807, 2.05) is 17.9 Å². The number of carbonyl (C=O) groups excluding carboxylic acids is 1. The van der Waals surface area contributed by atoms with Gasteiger partial charge >= 0.3 is 0 Å². The fourth-order valence-electron chi connectivity index (χ4n) is 3.02. The molecule has 1 amide bonds. The van der Waals surface area contributed by atoms with Gasteiger partial charge in [-0.1, -0.05) is 5.16 Å². The van der Waals surface area contributed by atoms with Crippen LogP contribution in [-0.4, -0.2) is 54.0 Å². The lowest BCUT2D eigenvalue weighted by Gasteiger charge is -2.23. The molecule has 24 heavy (non-hydrogen) atoms. The van der Waals surface area contributed by atoms with Gasteiger partial charge in [-0.3, -0.25) is 9.69 Å². The summed E-state index contributed by atoms with van der Waals surface area (Å²) < 4.78 is 24.6. The van der Waals surface area contributed by atoms with Gasteiger partial charge in [-0.25, -0.2) is 4.39 Å². The molecular formula is C17H26FN3O3. The molecule has 1 aromatic heterocycles. The van der Waals surface area contributed by atoms with Gasteiger partial charge in [0, 0.05) is 25.2 Å². The van der Waals surface area contributed by atoms with Crippen LogP contribution in [0.1, 0.15) is 37.6 Å². The van der Waals surface area contributed by atoms with Gasteiger partial charge in [-0.05, 0) is 39.0 Å². The zero-order valence-electron chi connectivity index (χ0n) is 14.3. The Morgan fingerprint density at radius 2 is 2.38 bits per heavy atom. The fourth-order valence-corrected chi connectivity index (χ4v) is 3.02. The van der Waals surface area contributed by atoms with Gasteiger partial charge in [0.05, 0.1) is 18.8 Å². The van der Waals surface area contributed by atoms with E-state index >= 15 is 0 Å². The van der Waals surface area contributed by atoms with Crippen LogP contribution < -0.4 is 5.32 Å². The molecule has 1 unspecified atom stereocenters. The molecule has 3 rings (SSSR count). The van der Waals surface area contributed by atoms with Crippen molar-refractivity contribution in [3.05, 3.63) is 17.5 Å². The van der Waals surface area contributed by atoms with Crippen LogP contribution in [0.3, 0.4) is 0 Å². The fraction of sp³-hybridized carbons (Fsp3) is 0.765. The van der Waals surface area contributed by atoms with Gasteiger partial charge in [0.25, 0.3) is 0 Å². The third kappa shape index (κ3) is 4.77. The summed E-state index contributed by atoms with van der Waals surface area (Å²) in [4.78, 5) is 14.1. The molecule has 3 atom stereocenters. The first-order chi connectivity index (χ1) is 11.5. The van der Waals surface area contributed by atoms with Gasteiger partial charge in [0.2, 0.25) is 5.91 Å². The Kier molecular flexibility index (Phi) is 5.50. The smallest absolute Gasteiger partial charge is 0.248 e. The summed E-state index contributed by atoms with van der Waals surface area (Å²) in [6.45, 7) is 5.56. The summed E-state index contributed by atoms with van der Waals surface area (Å²) in [5.74, 6) is 1.22. The summed E-state index contributed by atoms with van der Waals surface area (Å²) in [6.07, 6.45) is 1.48. The van der Waals surface area contributed by atoms with E-state index in [9.17, 15) is 9.18 Å². The van der Waals surface area contributed by atoms with Crippen LogP contribution in [-0.2, 0) is 16.1 Å². The lowest BCUT2D eigenvalue weighted by Crippen LogP contribution is -2.43. The van der Waals surface area contributed by atoms with E-state index in [1.54, 1.807) is 6.92 Å². The maximum Gasteiger partial charge on any atom is 0.248 e. The third-order valence-corrected chi connectivity index (χ3v) is 4.67. The molecular weight excluding hydrogens is 313 g/mol. The second-order valence-corrected chi connectivity index (χ2v) is 7.01. The Hall–Kier alpha value is -1.47. The van der Waals surface area contributed by atoms with Crippen molar-refractivity contribution in [2.75, 3.05) is 19.7 Å². The normalized spacial score (nSPS) is 25.8. The van der Waals surface area contributed by atoms with Crippen molar-refractivity contribution in [3.63, 3.8) is 0 Å². The van der Waals surface area contributed by atoms with Crippen LogP contribution >= 0.6 is 0 Å². The van der Waals surface area contributed by atoms with E-state index < -0.39 is 12.3 Å². The first-order valence-corrected chi connectivity index (χ1v) is 8.71. The Morgan fingerprint density at radius 3 is 3.04 bits per heavy atom. The van der Waals surface area contributed by atoms with E-state index in [0.29, 0.717) is 38.6 Å². The number of alkyl halides is 1. The number of nitrogens with zero attached hydrogens (tertiary/aromatic N) is 2. The van der Waals surface area contributed by atoms with E-state index in [4.69, 9.17) is 9.26 Å². The first kappa shape index (κ1) is 17.4.